The molecule has 0 spiro atoms. The lowest BCUT2D eigenvalue weighted by atomic mass is 10.1. The Balaban J connectivity index is 1.44. The van der Waals surface area contributed by atoms with Gasteiger partial charge in [-0.25, -0.2) is 14.8 Å². The van der Waals surface area contributed by atoms with E-state index >= 15 is 0 Å². The maximum absolute atomic E-state index is 12.5. The fraction of sp³-hybridized carbons (Fsp3) is 0.0909. The van der Waals surface area contributed by atoms with Gasteiger partial charge in [0.25, 0.3) is 5.91 Å². The Bertz CT molecular complexity index is 1230. The van der Waals surface area contributed by atoms with E-state index in [2.05, 4.69) is 15.3 Å². The van der Waals surface area contributed by atoms with E-state index < -0.39 is 5.97 Å². The van der Waals surface area contributed by atoms with Crippen molar-refractivity contribution in [2.24, 2.45) is 0 Å². The van der Waals surface area contributed by atoms with Gasteiger partial charge < -0.3 is 10.4 Å². The number of aromatic carboxylic acids is 1. The van der Waals surface area contributed by atoms with Crippen molar-refractivity contribution >= 4 is 29.3 Å². The first-order valence-corrected chi connectivity index (χ1v) is 9.54. The highest BCUT2D eigenvalue weighted by Crippen LogP contribution is 2.15. The number of imidazole rings is 1. The van der Waals surface area contributed by atoms with E-state index in [0.717, 1.165) is 16.8 Å². The van der Waals surface area contributed by atoms with Crippen LogP contribution in [-0.2, 0) is 13.0 Å². The van der Waals surface area contributed by atoms with E-state index in [1.807, 2.05) is 30.5 Å². The number of hydrogen-bond donors (Lipinski definition) is 2. The number of halogens is 1. The quantitative estimate of drug-likeness (QED) is 0.496. The second-order valence-electron chi connectivity index (χ2n) is 6.77. The van der Waals surface area contributed by atoms with Crippen molar-refractivity contribution in [2.45, 2.75) is 13.0 Å². The van der Waals surface area contributed by atoms with Crippen LogP contribution in [0, 0.1) is 0 Å². The molecule has 8 heteroatoms. The molecule has 4 aromatic rings. The average Bonchev–Trinajstić information content (AvgIpc) is 3.13. The molecular formula is C22H17ClN4O3. The number of fused-ring (bicyclic) bond motifs is 1. The maximum atomic E-state index is 12.5. The summed E-state index contributed by atoms with van der Waals surface area (Å²) in [5, 5.41) is 12.4. The number of hydrogen-bond acceptors (Lipinski definition) is 4. The average molecular weight is 421 g/mol. The fourth-order valence-corrected chi connectivity index (χ4v) is 3.26. The molecule has 0 atom stereocenters. The fourth-order valence-electron chi connectivity index (χ4n) is 3.04. The van der Waals surface area contributed by atoms with Gasteiger partial charge >= 0.3 is 5.97 Å². The molecule has 0 saturated heterocycles. The topological polar surface area (TPSA) is 96.6 Å². The van der Waals surface area contributed by atoms with Crippen molar-refractivity contribution in [1.82, 2.24) is 19.7 Å². The minimum atomic E-state index is -0.986. The van der Waals surface area contributed by atoms with Gasteiger partial charge in [-0.05, 0) is 35.4 Å². The van der Waals surface area contributed by atoms with Crippen molar-refractivity contribution in [3.05, 3.63) is 100 Å². The Morgan fingerprint density at radius 3 is 2.57 bits per heavy atom. The number of amides is 1. The predicted molar refractivity (Wildman–Crippen MR) is 112 cm³/mol. The van der Waals surface area contributed by atoms with Crippen molar-refractivity contribution in [2.75, 3.05) is 0 Å². The Labute approximate surface area is 177 Å². The summed E-state index contributed by atoms with van der Waals surface area (Å²) in [7, 11) is 0. The van der Waals surface area contributed by atoms with Crippen LogP contribution in [0.4, 0.5) is 0 Å². The first-order valence-electron chi connectivity index (χ1n) is 9.16. The third-order valence-corrected chi connectivity index (χ3v) is 4.79. The monoisotopic (exact) mass is 420 g/mol. The van der Waals surface area contributed by atoms with Gasteiger partial charge in [0, 0.05) is 36.6 Å². The number of carbonyl (C=O) groups is 2. The van der Waals surface area contributed by atoms with Gasteiger partial charge in [0.2, 0.25) is 5.78 Å². The molecule has 2 N–H and O–H groups in total. The van der Waals surface area contributed by atoms with E-state index in [4.69, 9.17) is 16.7 Å². The molecule has 0 aliphatic carbocycles. The number of aromatic nitrogens is 3. The van der Waals surface area contributed by atoms with Gasteiger partial charge in [-0.15, -0.1) is 0 Å². The lowest BCUT2D eigenvalue weighted by molar-refractivity contribution is 0.0696. The summed E-state index contributed by atoms with van der Waals surface area (Å²) in [5.74, 6) is -0.760. The molecule has 30 heavy (non-hydrogen) atoms. The van der Waals surface area contributed by atoms with Crippen molar-refractivity contribution in [3.8, 4) is 0 Å². The maximum Gasteiger partial charge on any atom is 0.335 e. The van der Waals surface area contributed by atoms with Crippen LogP contribution in [0.25, 0.3) is 5.78 Å². The minimum absolute atomic E-state index is 0.202. The number of nitrogens with one attached hydrogen (secondary N) is 1. The van der Waals surface area contributed by atoms with Crippen LogP contribution in [0.5, 0.6) is 0 Å². The Morgan fingerprint density at radius 2 is 1.83 bits per heavy atom. The Hall–Kier alpha value is -3.71. The number of benzene rings is 2. The molecule has 0 radical (unpaired) electrons. The summed E-state index contributed by atoms with van der Waals surface area (Å²) < 4.78 is 1.72. The molecular weight excluding hydrogens is 404 g/mol. The smallest absolute Gasteiger partial charge is 0.335 e. The zero-order valence-corrected chi connectivity index (χ0v) is 16.5. The number of carboxylic acids is 1. The zero-order chi connectivity index (χ0) is 21.1. The SMILES string of the molecule is O=C(O)c1ccc(CNC(=O)c2cnc3nc(Cc4cccc(Cl)c4)cn3c2)cc1. The summed E-state index contributed by atoms with van der Waals surface area (Å²) in [6, 6.07) is 13.9. The molecule has 2 aromatic heterocycles. The first-order chi connectivity index (χ1) is 14.5. The summed E-state index contributed by atoms with van der Waals surface area (Å²) in [5.41, 5.74) is 3.26. The molecule has 0 fully saturated rings. The molecule has 2 heterocycles. The molecule has 0 bridgehead atoms. The summed E-state index contributed by atoms with van der Waals surface area (Å²) in [6.07, 6.45) is 5.61. The molecule has 0 saturated carbocycles. The van der Waals surface area contributed by atoms with Gasteiger partial charge in [0.1, 0.15) is 0 Å². The van der Waals surface area contributed by atoms with E-state index in [1.165, 1.54) is 18.3 Å². The Kier molecular flexibility index (Phi) is 5.45. The van der Waals surface area contributed by atoms with Crippen LogP contribution >= 0.6 is 11.6 Å². The Morgan fingerprint density at radius 1 is 1.03 bits per heavy atom. The van der Waals surface area contributed by atoms with Crippen molar-refractivity contribution < 1.29 is 14.7 Å². The molecule has 0 aliphatic rings. The third-order valence-electron chi connectivity index (χ3n) is 4.55. The molecule has 1 amide bonds. The molecule has 0 unspecified atom stereocenters. The largest absolute Gasteiger partial charge is 0.478 e. The van der Waals surface area contributed by atoms with Crippen LogP contribution < -0.4 is 5.32 Å². The van der Waals surface area contributed by atoms with Gasteiger partial charge in [-0.1, -0.05) is 35.9 Å². The standard InChI is InChI=1S/C22H17ClN4O3/c23-18-3-1-2-15(8-18)9-19-13-27-12-17(11-25-22(27)26-19)20(28)24-10-14-4-6-16(7-5-14)21(29)30/h1-8,11-13H,9-10H2,(H,24,28)(H,29,30). The minimum Gasteiger partial charge on any atom is -0.478 e. The first kappa shape index (κ1) is 19.6. The lowest BCUT2D eigenvalue weighted by Crippen LogP contribution is -2.23. The van der Waals surface area contributed by atoms with Gasteiger partial charge in [0.05, 0.1) is 16.8 Å². The van der Waals surface area contributed by atoms with Gasteiger partial charge in [0.15, 0.2) is 0 Å². The van der Waals surface area contributed by atoms with Gasteiger partial charge in [-0.3, -0.25) is 9.20 Å². The lowest BCUT2D eigenvalue weighted by Gasteiger charge is -2.06. The van der Waals surface area contributed by atoms with E-state index in [9.17, 15) is 9.59 Å². The van der Waals surface area contributed by atoms with Crippen molar-refractivity contribution in [3.63, 3.8) is 0 Å². The number of rotatable bonds is 6. The highest BCUT2D eigenvalue weighted by Gasteiger charge is 2.10. The molecule has 7 nitrogen and oxygen atoms in total. The van der Waals surface area contributed by atoms with E-state index in [-0.39, 0.29) is 18.0 Å². The van der Waals surface area contributed by atoms with Crippen LogP contribution in [0.3, 0.4) is 0 Å². The number of nitrogens with zero attached hydrogens (tertiary/aromatic N) is 3. The third kappa shape index (κ3) is 4.47. The highest BCUT2D eigenvalue weighted by atomic mass is 35.5. The molecule has 150 valence electrons. The number of carboxylic acid groups (broad SMARTS) is 1. The molecule has 2 aromatic carbocycles. The van der Waals surface area contributed by atoms with Crippen LogP contribution in [-0.4, -0.2) is 31.4 Å². The van der Waals surface area contributed by atoms with Gasteiger partial charge in [-0.2, -0.15) is 0 Å². The van der Waals surface area contributed by atoms with E-state index in [0.29, 0.717) is 22.8 Å². The predicted octanol–water partition coefficient (Wildman–Crippen LogP) is 3.60. The van der Waals surface area contributed by atoms with Crippen LogP contribution in [0.15, 0.2) is 67.1 Å². The second kappa shape index (κ2) is 8.34. The second-order valence-corrected chi connectivity index (χ2v) is 7.21. The van der Waals surface area contributed by atoms with Crippen LogP contribution in [0.1, 0.15) is 37.5 Å². The summed E-state index contributed by atoms with van der Waals surface area (Å²) in [6.45, 7) is 0.278. The van der Waals surface area contributed by atoms with E-state index in [1.54, 1.807) is 22.7 Å². The molecule has 0 aliphatic heterocycles. The normalized spacial score (nSPS) is 10.8. The summed E-state index contributed by atoms with van der Waals surface area (Å²) in [4.78, 5) is 32.1. The zero-order valence-electron chi connectivity index (χ0n) is 15.7. The number of carbonyl (C=O) groups excluding carboxylic acids is 1. The van der Waals surface area contributed by atoms with Crippen LogP contribution in [0.2, 0.25) is 5.02 Å². The molecule has 4 rings (SSSR count). The highest BCUT2D eigenvalue weighted by molar-refractivity contribution is 6.30. The summed E-state index contributed by atoms with van der Waals surface area (Å²) >= 11 is 6.03. The van der Waals surface area contributed by atoms with Crippen molar-refractivity contribution in [1.29, 1.82) is 0 Å².